The molecule has 1 aliphatic rings. The van der Waals surface area contributed by atoms with Gasteiger partial charge < -0.3 is 15.7 Å². The molecule has 0 radical (unpaired) electrons. The molecule has 104 valence electrons. The van der Waals surface area contributed by atoms with Crippen molar-refractivity contribution in [2.75, 3.05) is 18.8 Å². The Kier molecular flexibility index (Phi) is 4.10. The Morgan fingerprint density at radius 1 is 1.42 bits per heavy atom. The zero-order valence-electron chi connectivity index (χ0n) is 11.4. The number of benzene rings is 1. The molecule has 2 rings (SSSR count). The van der Waals surface area contributed by atoms with Gasteiger partial charge in [0, 0.05) is 12.1 Å². The lowest BCUT2D eigenvalue weighted by Gasteiger charge is -2.46. The van der Waals surface area contributed by atoms with Crippen molar-refractivity contribution < 1.29 is 9.90 Å². The molecular formula is C15H22N2O2. The van der Waals surface area contributed by atoms with Crippen LogP contribution in [0, 0.1) is 0 Å². The minimum absolute atomic E-state index is 0.101. The predicted molar refractivity (Wildman–Crippen MR) is 75.6 cm³/mol. The number of rotatable bonds is 5. The van der Waals surface area contributed by atoms with Gasteiger partial charge in [-0.05, 0) is 24.5 Å². The maximum Gasteiger partial charge on any atom is 0.223 e. The summed E-state index contributed by atoms with van der Waals surface area (Å²) in [5, 5.41) is 10.0. The molecular weight excluding hydrogens is 240 g/mol. The van der Waals surface area contributed by atoms with E-state index >= 15 is 0 Å². The summed E-state index contributed by atoms with van der Waals surface area (Å²) in [6, 6.07) is 7.62. The van der Waals surface area contributed by atoms with E-state index in [1.54, 1.807) is 4.90 Å². The summed E-state index contributed by atoms with van der Waals surface area (Å²) >= 11 is 0. The second kappa shape index (κ2) is 5.61. The minimum Gasteiger partial charge on any atom is -0.399 e. The molecule has 1 aromatic carbocycles. The molecule has 0 bridgehead atoms. The van der Waals surface area contributed by atoms with Gasteiger partial charge in [0.05, 0.1) is 18.7 Å². The Morgan fingerprint density at radius 2 is 2.11 bits per heavy atom. The minimum atomic E-state index is -0.643. The smallest absolute Gasteiger partial charge is 0.223 e. The van der Waals surface area contributed by atoms with Crippen LogP contribution in [0.4, 0.5) is 5.69 Å². The maximum atomic E-state index is 12.0. The molecule has 0 spiro atoms. The number of aryl methyl sites for hydroxylation is 1. The van der Waals surface area contributed by atoms with Crippen molar-refractivity contribution in [3.63, 3.8) is 0 Å². The molecule has 1 aliphatic heterocycles. The highest BCUT2D eigenvalue weighted by Gasteiger charge is 2.42. The third kappa shape index (κ3) is 3.26. The highest BCUT2D eigenvalue weighted by Crippen LogP contribution is 2.26. The number of β-amino-alcohol motifs (C(OH)–C–C–N with tert-alkyl or cyclic N) is 1. The summed E-state index contributed by atoms with van der Waals surface area (Å²) in [7, 11) is 0. The van der Waals surface area contributed by atoms with Crippen LogP contribution in [0.5, 0.6) is 0 Å². The Balaban J connectivity index is 1.79. The van der Waals surface area contributed by atoms with Crippen LogP contribution >= 0.6 is 0 Å². The molecule has 1 amide bonds. The van der Waals surface area contributed by atoms with Gasteiger partial charge in [0.2, 0.25) is 5.91 Å². The zero-order chi connectivity index (χ0) is 13.9. The van der Waals surface area contributed by atoms with Gasteiger partial charge in [-0.3, -0.25) is 4.79 Å². The lowest BCUT2D eigenvalue weighted by molar-refractivity contribution is -0.156. The highest BCUT2D eigenvalue weighted by molar-refractivity contribution is 5.78. The first-order valence-corrected chi connectivity index (χ1v) is 6.87. The van der Waals surface area contributed by atoms with E-state index in [-0.39, 0.29) is 5.91 Å². The number of anilines is 1. The largest absolute Gasteiger partial charge is 0.399 e. The second-order valence-electron chi connectivity index (χ2n) is 5.42. The number of nitrogens with zero attached hydrogens (tertiary/aromatic N) is 1. The number of aliphatic hydroxyl groups is 1. The van der Waals surface area contributed by atoms with Gasteiger partial charge in [-0.2, -0.15) is 0 Å². The molecule has 4 nitrogen and oxygen atoms in total. The van der Waals surface area contributed by atoms with Crippen molar-refractivity contribution in [2.45, 2.75) is 38.2 Å². The molecule has 19 heavy (non-hydrogen) atoms. The van der Waals surface area contributed by atoms with E-state index in [2.05, 4.69) is 0 Å². The van der Waals surface area contributed by atoms with E-state index < -0.39 is 5.60 Å². The van der Waals surface area contributed by atoms with Crippen molar-refractivity contribution in [2.24, 2.45) is 0 Å². The van der Waals surface area contributed by atoms with Crippen LogP contribution in [0.15, 0.2) is 24.3 Å². The summed E-state index contributed by atoms with van der Waals surface area (Å²) in [5.74, 6) is 0.101. The Labute approximate surface area is 114 Å². The fourth-order valence-electron chi connectivity index (χ4n) is 2.63. The van der Waals surface area contributed by atoms with Crippen LogP contribution < -0.4 is 5.73 Å². The van der Waals surface area contributed by atoms with Crippen molar-refractivity contribution in [3.05, 3.63) is 29.8 Å². The van der Waals surface area contributed by atoms with E-state index in [1.165, 1.54) is 0 Å². The average Bonchev–Trinajstić information content (AvgIpc) is 2.35. The molecule has 0 aliphatic carbocycles. The molecule has 0 atom stereocenters. The molecule has 0 unspecified atom stereocenters. The molecule has 1 heterocycles. The van der Waals surface area contributed by atoms with Crippen LogP contribution in [0.2, 0.25) is 0 Å². The number of nitrogens with two attached hydrogens (primary N) is 1. The standard InChI is InChI=1S/C15H22N2O2/c1-2-9-15(19)10-17(11-15)14(18)8-7-12-5-3-4-6-13(12)16/h3-6,19H,2,7-11,16H2,1H3. The third-order valence-corrected chi connectivity index (χ3v) is 3.70. The second-order valence-corrected chi connectivity index (χ2v) is 5.42. The fraction of sp³-hybridized carbons (Fsp3) is 0.533. The van der Waals surface area contributed by atoms with Gasteiger partial charge in [-0.25, -0.2) is 0 Å². The number of carbonyl (C=O) groups excluding carboxylic acids is 1. The Morgan fingerprint density at radius 3 is 2.74 bits per heavy atom. The normalized spacial score (nSPS) is 17.1. The Bertz CT molecular complexity index is 453. The van der Waals surface area contributed by atoms with Crippen LogP contribution in [0.3, 0.4) is 0 Å². The topological polar surface area (TPSA) is 66.6 Å². The summed E-state index contributed by atoms with van der Waals surface area (Å²) in [6.45, 7) is 2.99. The molecule has 0 aromatic heterocycles. The van der Waals surface area contributed by atoms with Gasteiger partial charge in [0.25, 0.3) is 0 Å². The first-order chi connectivity index (χ1) is 9.04. The number of likely N-dealkylation sites (tertiary alicyclic amines) is 1. The Hall–Kier alpha value is -1.55. The van der Waals surface area contributed by atoms with E-state index in [1.807, 2.05) is 31.2 Å². The van der Waals surface area contributed by atoms with E-state index in [4.69, 9.17) is 5.73 Å². The molecule has 4 heteroatoms. The summed E-state index contributed by atoms with van der Waals surface area (Å²) in [5.41, 5.74) is 6.96. The number of hydrogen-bond donors (Lipinski definition) is 2. The first kappa shape index (κ1) is 13.9. The number of amides is 1. The van der Waals surface area contributed by atoms with Gasteiger partial charge >= 0.3 is 0 Å². The molecule has 1 aromatic rings. The van der Waals surface area contributed by atoms with Crippen molar-refractivity contribution in [1.29, 1.82) is 0 Å². The quantitative estimate of drug-likeness (QED) is 0.792. The number of hydrogen-bond acceptors (Lipinski definition) is 3. The third-order valence-electron chi connectivity index (χ3n) is 3.70. The lowest BCUT2D eigenvalue weighted by atomic mass is 9.89. The monoisotopic (exact) mass is 262 g/mol. The fourth-order valence-corrected chi connectivity index (χ4v) is 2.63. The SMILES string of the molecule is CCCC1(O)CN(C(=O)CCc2ccccc2N)C1. The van der Waals surface area contributed by atoms with Crippen molar-refractivity contribution in [3.8, 4) is 0 Å². The van der Waals surface area contributed by atoms with Crippen molar-refractivity contribution in [1.82, 2.24) is 4.90 Å². The van der Waals surface area contributed by atoms with E-state index in [0.29, 0.717) is 25.9 Å². The zero-order valence-corrected chi connectivity index (χ0v) is 11.4. The molecule has 3 N–H and O–H groups in total. The summed E-state index contributed by atoms with van der Waals surface area (Å²) in [4.78, 5) is 13.7. The van der Waals surface area contributed by atoms with Crippen LogP contribution in [-0.2, 0) is 11.2 Å². The van der Waals surface area contributed by atoms with Gasteiger partial charge in [-0.1, -0.05) is 31.5 Å². The van der Waals surface area contributed by atoms with Crippen molar-refractivity contribution >= 4 is 11.6 Å². The summed E-state index contributed by atoms with van der Waals surface area (Å²) < 4.78 is 0. The first-order valence-electron chi connectivity index (χ1n) is 6.87. The number of para-hydroxylation sites is 1. The lowest BCUT2D eigenvalue weighted by Crippen LogP contribution is -2.63. The van der Waals surface area contributed by atoms with Gasteiger partial charge in [-0.15, -0.1) is 0 Å². The van der Waals surface area contributed by atoms with E-state index in [9.17, 15) is 9.90 Å². The predicted octanol–water partition coefficient (Wildman–Crippen LogP) is 1.57. The highest BCUT2D eigenvalue weighted by atomic mass is 16.3. The van der Waals surface area contributed by atoms with E-state index in [0.717, 1.165) is 24.1 Å². The molecule has 1 saturated heterocycles. The van der Waals surface area contributed by atoms with Crippen LogP contribution in [-0.4, -0.2) is 34.6 Å². The van der Waals surface area contributed by atoms with Crippen LogP contribution in [0.1, 0.15) is 31.7 Å². The molecule has 0 saturated carbocycles. The summed E-state index contributed by atoms with van der Waals surface area (Å²) in [6.07, 6.45) is 2.83. The average molecular weight is 262 g/mol. The number of carbonyl (C=O) groups is 1. The molecule has 1 fully saturated rings. The van der Waals surface area contributed by atoms with Gasteiger partial charge in [0.15, 0.2) is 0 Å². The maximum absolute atomic E-state index is 12.0. The van der Waals surface area contributed by atoms with Crippen LogP contribution in [0.25, 0.3) is 0 Å². The van der Waals surface area contributed by atoms with Gasteiger partial charge in [0.1, 0.15) is 0 Å². The number of nitrogen functional groups attached to an aromatic ring is 1.